The first-order valence-electron chi connectivity index (χ1n) is 5.70. The van der Waals surface area contributed by atoms with Crippen molar-refractivity contribution in [3.8, 4) is 11.5 Å². The van der Waals surface area contributed by atoms with E-state index in [1.54, 1.807) is 23.8 Å². The molecule has 0 bridgehead atoms. The van der Waals surface area contributed by atoms with E-state index in [4.69, 9.17) is 0 Å². The molecule has 0 aliphatic carbocycles. The minimum Gasteiger partial charge on any atom is -0.507 e. The third-order valence-corrected chi connectivity index (χ3v) is 3.37. The highest BCUT2D eigenvalue weighted by Gasteiger charge is 2.12. The topological polar surface area (TPSA) is 53.4 Å². The Morgan fingerprint density at radius 2 is 1.83 bits per heavy atom. The number of aromatic hydroxyl groups is 2. The second kappa shape index (κ2) is 5.23. The van der Waals surface area contributed by atoms with Gasteiger partial charge in [0.2, 0.25) is 0 Å². The number of rotatable bonds is 3. The molecule has 1 aromatic carbocycles. The first-order chi connectivity index (χ1) is 8.58. The van der Waals surface area contributed by atoms with Crippen LogP contribution >= 0.6 is 11.3 Å². The molecule has 2 aromatic rings. The van der Waals surface area contributed by atoms with Gasteiger partial charge in [-0.1, -0.05) is 19.9 Å². The van der Waals surface area contributed by atoms with E-state index >= 15 is 0 Å². The van der Waals surface area contributed by atoms with E-state index in [0.717, 1.165) is 10.4 Å². The minimum atomic E-state index is 0.0875. The van der Waals surface area contributed by atoms with Crippen LogP contribution in [0.2, 0.25) is 0 Å². The second-order valence-corrected chi connectivity index (χ2v) is 5.28. The van der Waals surface area contributed by atoms with Crippen LogP contribution in [0.15, 0.2) is 23.8 Å². The van der Waals surface area contributed by atoms with Gasteiger partial charge in [-0.15, -0.1) is 11.3 Å². The van der Waals surface area contributed by atoms with Gasteiger partial charge in [0, 0.05) is 16.6 Å². The van der Waals surface area contributed by atoms with Crippen molar-refractivity contribution in [3.05, 3.63) is 39.8 Å². The van der Waals surface area contributed by atoms with Gasteiger partial charge >= 0.3 is 0 Å². The third kappa shape index (κ3) is 2.71. The first kappa shape index (κ1) is 12.6. The van der Waals surface area contributed by atoms with E-state index < -0.39 is 0 Å². The number of thiazole rings is 1. The van der Waals surface area contributed by atoms with E-state index in [0.29, 0.717) is 5.56 Å². The zero-order chi connectivity index (χ0) is 13.1. The van der Waals surface area contributed by atoms with E-state index in [2.05, 4.69) is 4.98 Å². The molecule has 0 aliphatic rings. The van der Waals surface area contributed by atoms with Crippen LogP contribution in [0.1, 0.15) is 35.8 Å². The summed E-state index contributed by atoms with van der Waals surface area (Å²) in [6.45, 7) is 3.86. The fourth-order valence-corrected chi connectivity index (χ4v) is 2.33. The summed E-state index contributed by atoms with van der Waals surface area (Å²) < 4.78 is 0. The van der Waals surface area contributed by atoms with Crippen LogP contribution in [0.25, 0.3) is 12.2 Å². The van der Waals surface area contributed by atoms with E-state index in [9.17, 15) is 10.2 Å². The highest BCUT2D eigenvalue weighted by molar-refractivity contribution is 7.10. The van der Waals surface area contributed by atoms with E-state index in [1.807, 2.05) is 26.0 Å². The maximum absolute atomic E-state index is 9.90. The second-order valence-electron chi connectivity index (χ2n) is 4.36. The zero-order valence-electron chi connectivity index (χ0n) is 10.3. The van der Waals surface area contributed by atoms with Gasteiger partial charge in [0.1, 0.15) is 11.5 Å². The summed E-state index contributed by atoms with van der Waals surface area (Å²) in [6.07, 6.45) is 5.52. The Hall–Kier alpha value is -1.81. The van der Waals surface area contributed by atoms with Crippen LogP contribution < -0.4 is 0 Å². The highest BCUT2D eigenvalue weighted by Crippen LogP contribution is 2.35. The lowest BCUT2D eigenvalue weighted by Gasteiger charge is -2.11. The van der Waals surface area contributed by atoms with Crippen LogP contribution in [0, 0.1) is 0 Å². The number of nitrogens with zero attached hydrogens (tertiary/aromatic N) is 1. The fraction of sp³-hybridized carbons (Fsp3) is 0.214. The van der Waals surface area contributed by atoms with E-state index in [1.165, 1.54) is 11.3 Å². The largest absolute Gasteiger partial charge is 0.507 e. The van der Waals surface area contributed by atoms with Crippen molar-refractivity contribution >= 4 is 23.5 Å². The van der Waals surface area contributed by atoms with Crippen molar-refractivity contribution in [1.82, 2.24) is 4.98 Å². The van der Waals surface area contributed by atoms with Crippen molar-refractivity contribution in [2.45, 2.75) is 19.8 Å². The molecule has 18 heavy (non-hydrogen) atoms. The number of phenols is 2. The summed E-state index contributed by atoms with van der Waals surface area (Å²) >= 11 is 1.54. The standard InChI is InChI=1S/C14H15NO2S/c1-9(2)14-12(16)5-10(6-13(14)17)3-4-11-7-15-8-18-11/h3-9,16-17H,1-2H3/b4-3+. The predicted molar refractivity (Wildman–Crippen MR) is 74.9 cm³/mol. The molecule has 0 atom stereocenters. The fourth-order valence-electron chi connectivity index (χ4n) is 1.82. The van der Waals surface area contributed by atoms with E-state index in [-0.39, 0.29) is 17.4 Å². The predicted octanol–water partition coefficient (Wildman–Crippen LogP) is 3.85. The zero-order valence-corrected chi connectivity index (χ0v) is 11.1. The molecule has 1 heterocycles. The smallest absolute Gasteiger partial charge is 0.123 e. The third-order valence-electron chi connectivity index (χ3n) is 2.63. The quantitative estimate of drug-likeness (QED) is 0.882. The summed E-state index contributed by atoms with van der Waals surface area (Å²) in [5, 5.41) is 19.8. The molecule has 0 aliphatic heterocycles. The van der Waals surface area contributed by atoms with Gasteiger partial charge in [0.15, 0.2) is 0 Å². The van der Waals surface area contributed by atoms with Crippen LogP contribution in [0.5, 0.6) is 11.5 Å². The Labute approximate surface area is 110 Å². The Morgan fingerprint density at radius 1 is 1.17 bits per heavy atom. The van der Waals surface area contributed by atoms with Crippen molar-refractivity contribution in [2.24, 2.45) is 0 Å². The lowest BCUT2D eigenvalue weighted by molar-refractivity contribution is 0.433. The highest BCUT2D eigenvalue weighted by atomic mass is 32.1. The molecule has 0 fully saturated rings. The molecular weight excluding hydrogens is 246 g/mol. The normalized spacial score (nSPS) is 11.5. The molecule has 0 saturated heterocycles. The molecule has 0 radical (unpaired) electrons. The Bertz CT molecular complexity index is 536. The molecule has 0 unspecified atom stereocenters. The lowest BCUT2D eigenvalue weighted by atomic mass is 9.99. The minimum absolute atomic E-state index is 0.0875. The molecule has 0 saturated carbocycles. The molecule has 0 amide bonds. The summed E-state index contributed by atoms with van der Waals surface area (Å²) in [5.41, 5.74) is 3.11. The van der Waals surface area contributed by atoms with Gasteiger partial charge < -0.3 is 10.2 Å². The maximum atomic E-state index is 9.90. The van der Waals surface area contributed by atoms with Gasteiger partial charge in [-0.25, -0.2) is 0 Å². The summed E-state index contributed by atoms with van der Waals surface area (Å²) in [5.74, 6) is 0.354. The average molecular weight is 261 g/mol. The number of phenolic OH excluding ortho intramolecular Hbond substituents is 2. The van der Waals surface area contributed by atoms with Gasteiger partial charge in [-0.2, -0.15) is 0 Å². The molecule has 3 nitrogen and oxygen atoms in total. The number of benzene rings is 1. The molecule has 2 rings (SSSR count). The average Bonchev–Trinajstić information content (AvgIpc) is 2.77. The molecule has 94 valence electrons. The summed E-state index contributed by atoms with van der Waals surface area (Å²) in [6, 6.07) is 3.32. The number of hydrogen-bond donors (Lipinski definition) is 2. The number of aromatic nitrogens is 1. The first-order valence-corrected chi connectivity index (χ1v) is 6.58. The molecule has 1 aromatic heterocycles. The number of hydrogen-bond acceptors (Lipinski definition) is 4. The van der Waals surface area contributed by atoms with Crippen LogP contribution in [0.3, 0.4) is 0 Å². The van der Waals surface area contributed by atoms with Crippen molar-refractivity contribution in [2.75, 3.05) is 0 Å². The van der Waals surface area contributed by atoms with Crippen molar-refractivity contribution < 1.29 is 10.2 Å². The van der Waals surface area contributed by atoms with Crippen LogP contribution in [-0.4, -0.2) is 15.2 Å². The van der Waals surface area contributed by atoms with Crippen molar-refractivity contribution in [1.29, 1.82) is 0 Å². The van der Waals surface area contributed by atoms with Crippen LogP contribution in [-0.2, 0) is 0 Å². The SMILES string of the molecule is CC(C)c1c(O)cc(/C=C/c2cncs2)cc1O. The molecule has 2 N–H and O–H groups in total. The molecule has 0 spiro atoms. The maximum Gasteiger partial charge on any atom is 0.123 e. The summed E-state index contributed by atoms with van der Waals surface area (Å²) in [4.78, 5) is 5.00. The molecular formula is C14H15NO2S. The van der Waals surface area contributed by atoms with Gasteiger partial charge in [0.25, 0.3) is 0 Å². The molecule has 4 heteroatoms. The monoisotopic (exact) mass is 261 g/mol. The Balaban J connectivity index is 2.31. The van der Waals surface area contributed by atoms with Crippen LogP contribution in [0.4, 0.5) is 0 Å². The summed E-state index contributed by atoms with van der Waals surface area (Å²) in [7, 11) is 0. The lowest BCUT2D eigenvalue weighted by Crippen LogP contribution is -1.90. The van der Waals surface area contributed by atoms with Gasteiger partial charge in [0.05, 0.1) is 5.51 Å². The Kier molecular flexibility index (Phi) is 3.67. The van der Waals surface area contributed by atoms with Crippen molar-refractivity contribution in [3.63, 3.8) is 0 Å². The van der Waals surface area contributed by atoms with Gasteiger partial charge in [-0.05, 0) is 29.7 Å². The Morgan fingerprint density at radius 3 is 2.33 bits per heavy atom. The van der Waals surface area contributed by atoms with Gasteiger partial charge in [-0.3, -0.25) is 4.98 Å².